The molecule has 4 aliphatic heterocycles. The quantitative estimate of drug-likeness (QED) is 0.865. The average Bonchev–Trinajstić information content (AvgIpc) is 3.13. The molecule has 5 nitrogen and oxygen atoms in total. The Labute approximate surface area is 162 Å². The molecule has 0 saturated carbocycles. The van der Waals surface area contributed by atoms with E-state index in [1.165, 1.54) is 6.20 Å². The van der Waals surface area contributed by atoms with Gasteiger partial charge in [0.05, 0.1) is 6.04 Å². The number of hydrogen-bond donors (Lipinski definition) is 1. The minimum absolute atomic E-state index is 0.0112. The van der Waals surface area contributed by atoms with Gasteiger partial charge in [-0.1, -0.05) is 12.1 Å². The van der Waals surface area contributed by atoms with Crippen LogP contribution in [-0.4, -0.2) is 52.4 Å². The molecule has 2 bridgehead atoms. The fraction of sp³-hybridized carbons (Fsp3) is 0.429. The Morgan fingerprint density at radius 1 is 1.14 bits per heavy atom. The molecule has 4 saturated heterocycles. The lowest BCUT2D eigenvalue weighted by atomic mass is 9.75. The molecule has 146 valence electrons. The van der Waals surface area contributed by atoms with Gasteiger partial charge in [-0.3, -0.25) is 9.69 Å². The zero-order valence-electron chi connectivity index (χ0n) is 15.4. The van der Waals surface area contributed by atoms with Crippen molar-refractivity contribution >= 4 is 11.7 Å². The number of hydrogen-bond acceptors (Lipinski definition) is 4. The van der Waals surface area contributed by atoms with Gasteiger partial charge in [0.2, 0.25) is 0 Å². The number of piperidine rings is 3. The van der Waals surface area contributed by atoms with E-state index in [4.69, 9.17) is 5.73 Å². The molecule has 2 aromatic rings. The Kier molecular flexibility index (Phi) is 4.08. The average molecular weight is 384 g/mol. The van der Waals surface area contributed by atoms with Crippen molar-refractivity contribution in [3.8, 4) is 0 Å². The Balaban J connectivity index is 1.56. The summed E-state index contributed by atoms with van der Waals surface area (Å²) in [5.41, 5.74) is 6.62. The van der Waals surface area contributed by atoms with E-state index in [1.54, 1.807) is 24.3 Å². The molecular weight excluding hydrogens is 362 g/mol. The number of aromatic nitrogens is 1. The summed E-state index contributed by atoms with van der Waals surface area (Å²) in [6.07, 6.45) is 3.58. The molecule has 1 amide bonds. The molecule has 4 fully saturated rings. The van der Waals surface area contributed by atoms with Crippen LogP contribution < -0.4 is 5.73 Å². The highest BCUT2D eigenvalue weighted by Crippen LogP contribution is 2.47. The first-order valence-corrected chi connectivity index (χ1v) is 9.75. The monoisotopic (exact) mass is 384 g/mol. The maximum Gasteiger partial charge on any atom is 0.254 e. The first kappa shape index (κ1) is 17.6. The largest absolute Gasteiger partial charge is 0.384 e. The summed E-state index contributed by atoms with van der Waals surface area (Å²) in [5, 5.41) is 0. The maximum absolute atomic E-state index is 14.6. The zero-order valence-corrected chi connectivity index (χ0v) is 15.4. The molecule has 0 aliphatic carbocycles. The standard InChI is InChI=1S/C21H22F2N4O/c22-16-3-1-2-14(18(16)23)15-11-27(21(28)13-4-7-25-17(24)10-13)19-12-5-8-26(9-6-12)20(15)19/h1-4,7,10,12,15,19-20H,5-6,8-9,11H2,(H2,24,25)/t15-,19+,20+/m1/s1. The van der Waals surface area contributed by atoms with Gasteiger partial charge in [0.1, 0.15) is 5.82 Å². The normalized spacial score (nSPS) is 31.1. The fourth-order valence-electron chi connectivity index (χ4n) is 5.48. The number of likely N-dealkylation sites (tertiary alicyclic amines) is 1. The van der Waals surface area contributed by atoms with E-state index in [2.05, 4.69) is 9.88 Å². The molecule has 6 rings (SSSR count). The summed E-state index contributed by atoms with van der Waals surface area (Å²) in [6, 6.07) is 7.61. The molecule has 2 N–H and O–H groups in total. The van der Waals surface area contributed by atoms with Gasteiger partial charge < -0.3 is 10.6 Å². The molecule has 4 aliphatic rings. The Morgan fingerprint density at radius 2 is 1.93 bits per heavy atom. The van der Waals surface area contributed by atoms with Crippen LogP contribution in [0.3, 0.4) is 0 Å². The maximum atomic E-state index is 14.6. The molecule has 0 radical (unpaired) electrons. The number of carbonyl (C=O) groups is 1. The van der Waals surface area contributed by atoms with E-state index in [9.17, 15) is 13.6 Å². The third kappa shape index (κ3) is 2.60. The van der Waals surface area contributed by atoms with Crippen LogP contribution in [0.5, 0.6) is 0 Å². The lowest BCUT2D eigenvalue weighted by molar-refractivity contribution is -0.00359. The number of rotatable bonds is 2. The number of benzene rings is 1. The number of amides is 1. The van der Waals surface area contributed by atoms with E-state index in [1.807, 2.05) is 4.90 Å². The Bertz CT molecular complexity index is 928. The second-order valence-electron chi connectivity index (χ2n) is 8.03. The molecule has 5 heterocycles. The molecule has 28 heavy (non-hydrogen) atoms. The summed E-state index contributed by atoms with van der Waals surface area (Å²) in [7, 11) is 0. The molecular formula is C21H22F2N4O. The lowest BCUT2D eigenvalue weighted by Crippen LogP contribution is -2.60. The van der Waals surface area contributed by atoms with E-state index >= 15 is 0 Å². The van der Waals surface area contributed by atoms with Crippen LogP contribution in [0.4, 0.5) is 14.6 Å². The number of anilines is 1. The summed E-state index contributed by atoms with van der Waals surface area (Å²) in [6.45, 7) is 2.27. The van der Waals surface area contributed by atoms with Gasteiger partial charge in [-0.2, -0.15) is 0 Å². The van der Waals surface area contributed by atoms with Gasteiger partial charge in [-0.05, 0) is 55.6 Å². The van der Waals surface area contributed by atoms with E-state index in [-0.39, 0.29) is 23.9 Å². The second-order valence-corrected chi connectivity index (χ2v) is 8.03. The molecule has 1 aromatic carbocycles. The van der Waals surface area contributed by atoms with Gasteiger partial charge in [0.25, 0.3) is 5.91 Å². The summed E-state index contributed by atoms with van der Waals surface area (Å²) in [4.78, 5) is 21.5. The van der Waals surface area contributed by atoms with E-state index < -0.39 is 11.6 Å². The molecule has 3 atom stereocenters. The number of nitrogens with two attached hydrogens (primary N) is 1. The highest BCUT2D eigenvalue weighted by atomic mass is 19.2. The zero-order chi connectivity index (χ0) is 19.4. The number of pyridine rings is 1. The molecule has 0 unspecified atom stereocenters. The fourth-order valence-corrected chi connectivity index (χ4v) is 5.48. The predicted octanol–water partition coefficient (Wildman–Crippen LogP) is 2.64. The van der Waals surface area contributed by atoms with Crippen LogP contribution in [0.1, 0.15) is 34.7 Å². The topological polar surface area (TPSA) is 62.5 Å². The van der Waals surface area contributed by atoms with Gasteiger partial charge in [0.15, 0.2) is 11.6 Å². The molecule has 1 aromatic heterocycles. The predicted molar refractivity (Wildman–Crippen MR) is 101 cm³/mol. The smallest absolute Gasteiger partial charge is 0.254 e. The SMILES string of the molecule is Nc1cc(C(=O)N2C[C@H](c3cccc(F)c3F)[C@H]3[C@@H]2C2CCN3CC2)ccn1. The number of fused-ring (bicyclic) bond motifs is 2. The Morgan fingerprint density at radius 3 is 2.68 bits per heavy atom. The minimum atomic E-state index is -0.836. The second kappa shape index (κ2) is 6.51. The van der Waals surface area contributed by atoms with Gasteiger partial charge in [-0.15, -0.1) is 0 Å². The first-order valence-electron chi connectivity index (χ1n) is 9.75. The first-order chi connectivity index (χ1) is 13.5. The summed E-state index contributed by atoms with van der Waals surface area (Å²) in [5.74, 6) is -1.31. The van der Waals surface area contributed by atoms with Gasteiger partial charge in [-0.25, -0.2) is 13.8 Å². The van der Waals surface area contributed by atoms with Crippen molar-refractivity contribution in [1.82, 2.24) is 14.8 Å². The van der Waals surface area contributed by atoms with Crippen LogP contribution in [0.2, 0.25) is 0 Å². The highest BCUT2D eigenvalue weighted by molar-refractivity contribution is 5.95. The summed E-state index contributed by atoms with van der Waals surface area (Å²) < 4.78 is 28.6. The van der Waals surface area contributed by atoms with Crippen molar-refractivity contribution in [2.45, 2.75) is 30.8 Å². The number of halogens is 2. The molecule has 7 heteroatoms. The number of nitrogen functional groups attached to an aromatic ring is 1. The van der Waals surface area contributed by atoms with Crippen molar-refractivity contribution in [1.29, 1.82) is 0 Å². The van der Waals surface area contributed by atoms with Gasteiger partial charge in [0, 0.05) is 30.3 Å². The number of nitrogens with zero attached hydrogens (tertiary/aromatic N) is 3. The van der Waals surface area contributed by atoms with Crippen molar-refractivity contribution in [3.05, 3.63) is 59.3 Å². The lowest BCUT2D eigenvalue weighted by Gasteiger charge is -2.51. The van der Waals surface area contributed by atoms with Crippen LogP contribution in [-0.2, 0) is 0 Å². The van der Waals surface area contributed by atoms with Crippen molar-refractivity contribution < 1.29 is 13.6 Å². The minimum Gasteiger partial charge on any atom is -0.384 e. The van der Waals surface area contributed by atoms with Crippen molar-refractivity contribution in [3.63, 3.8) is 0 Å². The highest BCUT2D eigenvalue weighted by Gasteiger charge is 2.55. The van der Waals surface area contributed by atoms with Crippen LogP contribution in [0.15, 0.2) is 36.5 Å². The molecule has 0 spiro atoms. The third-order valence-corrected chi connectivity index (χ3v) is 6.66. The summed E-state index contributed by atoms with van der Waals surface area (Å²) >= 11 is 0. The van der Waals surface area contributed by atoms with Gasteiger partial charge >= 0.3 is 0 Å². The van der Waals surface area contributed by atoms with Crippen LogP contribution >= 0.6 is 0 Å². The van der Waals surface area contributed by atoms with Crippen molar-refractivity contribution in [2.24, 2.45) is 5.92 Å². The third-order valence-electron chi connectivity index (χ3n) is 6.66. The van der Waals surface area contributed by atoms with E-state index in [0.717, 1.165) is 32.0 Å². The van der Waals surface area contributed by atoms with E-state index in [0.29, 0.717) is 29.4 Å². The van der Waals surface area contributed by atoms with Crippen molar-refractivity contribution in [2.75, 3.05) is 25.4 Å². The Hall–Kier alpha value is -2.54. The van der Waals surface area contributed by atoms with Crippen LogP contribution in [0, 0.1) is 17.6 Å². The number of carbonyl (C=O) groups excluding carboxylic acids is 1. The van der Waals surface area contributed by atoms with Crippen LogP contribution in [0.25, 0.3) is 0 Å².